The average molecular weight is 228 g/mol. The summed E-state index contributed by atoms with van der Waals surface area (Å²) in [4.78, 5) is 0.585. The molecule has 0 spiro atoms. The van der Waals surface area contributed by atoms with Gasteiger partial charge in [0, 0.05) is 10.1 Å². The summed E-state index contributed by atoms with van der Waals surface area (Å²) in [6, 6.07) is 4.85. The van der Waals surface area contributed by atoms with Crippen molar-refractivity contribution < 1.29 is 9.50 Å². The van der Waals surface area contributed by atoms with Crippen LogP contribution < -0.4 is 0 Å². The maximum atomic E-state index is 13.6. The first-order valence-electron chi connectivity index (χ1n) is 5.19. The second-order valence-corrected chi connectivity index (χ2v) is 5.12. The summed E-state index contributed by atoms with van der Waals surface area (Å²) in [6.45, 7) is 5.79. The minimum atomic E-state index is -0.618. The van der Waals surface area contributed by atoms with Crippen molar-refractivity contribution in [2.24, 2.45) is 0 Å². The van der Waals surface area contributed by atoms with Crippen LogP contribution in [0.1, 0.15) is 38.9 Å². The Morgan fingerprint density at radius 1 is 1.40 bits per heavy atom. The van der Waals surface area contributed by atoms with Gasteiger partial charge in [0.05, 0.1) is 6.10 Å². The molecule has 0 aliphatic heterocycles. The lowest BCUT2D eigenvalue weighted by Crippen LogP contribution is -2.00. The van der Waals surface area contributed by atoms with Crippen LogP contribution in [0.3, 0.4) is 0 Å². The lowest BCUT2D eigenvalue weighted by molar-refractivity contribution is 0.195. The molecule has 1 rings (SSSR count). The highest BCUT2D eigenvalue weighted by Crippen LogP contribution is 2.33. The van der Waals surface area contributed by atoms with Gasteiger partial charge in [-0.1, -0.05) is 26.0 Å². The molecule has 0 fully saturated rings. The van der Waals surface area contributed by atoms with Gasteiger partial charge in [0.15, 0.2) is 0 Å². The van der Waals surface area contributed by atoms with E-state index in [0.717, 1.165) is 6.42 Å². The van der Waals surface area contributed by atoms with Crippen LogP contribution in [0.25, 0.3) is 0 Å². The molecule has 84 valence electrons. The third-order valence-corrected chi connectivity index (χ3v) is 3.74. The average Bonchev–Trinajstić information content (AvgIpc) is 2.20. The first-order chi connectivity index (χ1) is 7.06. The van der Waals surface area contributed by atoms with Gasteiger partial charge in [-0.25, -0.2) is 4.39 Å². The summed E-state index contributed by atoms with van der Waals surface area (Å²) >= 11 is 1.49. The molecule has 1 nitrogen and oxygen atoms in total. The van der Waals surface area contributed by atoms with Gasteiger partial charge in [0.2, 0.25) is 0 Å². The second kappa shape index (κ2) is 5.52. The third-order valence-electron chi connectivity index (χ3n) is 2.34. The fourth-order valence-electron chi connectivity index (χ4n) is 1.26. The van der Waals surface area contributed by atoms with Crippen molar-refractivity contribution in [3.63, 3.8) is 0 Å². The maximum Gasteiger partial charge on any atom is 0.137 e. The lowest BCUT2D eigenvalue weighted by Gasteiger charge is -2.15. The molecule has 0 saturated heterocycles. The van der Waals surface area contributed by atoms with E-state index >= 15 is 0 Å². The molecular weight excluding hydrogens is 211 g/mol. The van der Waals surface area contributed by atoms with Crippen LogP contribution in [0, 0.1) is 5.82 Å². The van der Waals surface area contributed by atoms with Crippen molar-refractivity contribution in [2.45, 2.75) is 43.4 Å². The van der Waals surface area contributed by atoms with E-state index in [4.69, 9.17) is 0 Å². The Kier molecular flexibility index (Phi) is 4.61. The number of aliphatic hydroxyl groups is 1. The lowest BCUT2D eigenvalue weighted by atomic mass is 10.1. The Morgan fingerprint density at radius 3 is 2.60 bits per heavy atom. The van der Waals surface area contributed by atoms with Gasteiger partial charge < -0.3 is 5.11 Å². The fourth-order valence-corrected chi connectivity index (χ4v) is 2.39. The molecule has 0 aromatic heterocycles. The van der Waals surface area contributed by atoms with Gasteiger partial charge in [-0.3, -0.25) is 0 Å². The van der Waals surface area contributed by atoms with E-state index in [1.165, 1.54) is 17.8 Å². The van der Waals surface area contributed by atoms with E-state index in [0.29, 0.717) is 15.7 Å². The predicted molar refractivity (Wildman–Crippen MR) is 62.6 cm³/mol. The highest BCUT2D eigenvalue weighted by molar-refractivity contribution is 8.00. The zero-order valence-corrected chi connectivity index (χ0v) is 10.1. The number of thioether (sulfide) groups is 1. The Labute approximate surface area is 94.7 Å². The molecule has 1 aromatic carbocycles. The van der Waals surface area contributed by atoms with Crippen molar-refractivity contribution in [2.75, 3.05) is 0 Å². The third kappa shape index (κ3) is 3.21. The highest BCUT2D eigenvalue weighted by Gasteiger charge is 2.14. The number of hydrogen-bond donors (Lipinski definition) is 1. The van der Waals surface area contributed by atoms with Gasteiger partial charge in [-0.2, -0.15) is 0 Å². The van der Waals surface area contributed by atoms with Crippen LogP contribution in [-0.4, -0.2) is 10.4 Å². The molecule has 0 aliphatic rings. The molecule has 0 heterocycles. The van der Waals surface area contributed by atoms with Crippen LogP contribution in [-0.2, 0) is 0 Å². The zero-order valence-electron chi connectivity index (χ0n) is 9.33. The second-order valence-electron chi connectivity index (χ2n) is 3.67. The number of aliphatic hydroxyl groups excluding tert-OH is 1. The smallest absolute Gasteiger partial charge is 0.137 e. The molecule has 1 N–H and O–H groups in total. The standard InChI is InChI=1S/C12H17FOS/c1-4-8(2)15-12-10(9(3)14)6-5-7-11(12)13/h5-9,14H,4H2,1-3H3/t8?,9-/m0/s1. The first kappa shape index (κ1) is 12.5. The summed E-state index contributed by atoms with van der Waals surface area (Å²) in [6.07, 6.45) is 0.366. The van der Waals surface area contributed by atoms with Crippen LogP contribution in [0.5, 0.6) is 0 Å². The number of halogens is 1. The Bertz CT molecular complexity index is 325. The topological polar surface area (TPSA) is 20.2 Å². The Hall–Kier alpha value is -0.540. The van der Waals surface area contributed by atoms with Crippen molar-refractivity contribution in [3.8, 4) is 0 Å². The fraction of sp³-hybridized carbons (Fsp3) is 0.500. The van der Waals surface area contributed by atoms with Crippen LogP contribution in [0.2, 0.25) is 0 Å². The van der Waals surface area contributed by atoms with Crippen molar-refractivity contribution >= 4 is 11.8 Å². The highest BCUT2D eigenvalue weighted by atomic mass is 32.2. The van der Waals surface area contributed by atoms with Gasteiger partial charge >= 0.3 is 0 Å². The quantitative estimate of drug-likeness (QED) is 0.792. The minimum absolute atomic E-state index is 0.237. The molecule has 3 heteroatoms. The van der Waals surface area contributed by atoms with E-state index in [-0.39, 0.29) is 5.82 Å². The molecule has 15 heavy (non-hydrogen) atoms. The van der Waals surface area contributed by atoms with E-state index in [1.54, 1.807) is 19.1 Å². The van der Waals surface area contributed by atoms with E-state index in [9.17, 15) is 9.50 Å². The number of hydrogen-bond acceptors (Lipinski definition) is 2. The minimum Gasteiger partial charge on any atom is -0.389 e. The van der Waals surface area contributed by atoms with E-state index < -0.39 is 6.10 Å². The summed E-state index contributed by atoms with van der Waals surface area (Å²) < 4.78 is 13.6. The molecule has 0 radical (unpaired) electrons. The monoisotopic (exact) mass is 228 g/mol. The van der Waals surface area contributed by atoms with Crippen molar-refractivity contribution in [1.29, 1.82) is 0 Å². The van der Waals surface area contributed by atoms with Crippen LogP contribution in [0.15, 0.2) is 23.1 Å². The first-order valence-corrected chi connectivity index (χ1v) is 6.07. The van der Waals surface area contributed by atoms with Gasteiger partial charge in [0.25, 0.3) is 0 Å². The largest absolute Gasteiger partial charge is 0.389 e. The summed E-state index contributed by atoms with van der Waals surface area (Å²) in [5, 5.41) is 9.90. The number of benzene rings is 1. The summed E-state index contributed by atoms with van der Waals surface area (Å²) in [7, 11) is 0. The van der Waals surface area contributed by atoms with Crippen molar-refractivity contribution in [3.05, 3.63) is 29.6 Å². The predicted octanol–water partition coefficient (Wildman–Crippen LogP) is 3.77. The van der Waals surface area contributed by atoms with Crippen molar-refractivity contribution in [1.82, 2.24) is 0 Å². The van der Waals surface area contributed by atoms with E-state index in [1.807, 2.05) is 0 Å². The molecule has 0 saturated carbocycles. The van der Waals surface area contributed by atoms with Gasteiger partial charge in [0.1, 0.15) is 5.82 Å². The molecular formula is C12H17FOS. The van der Waals surface area contributed by atoms with Gasteiger partial charge in [-0.15, -0.1) is 11.8 Å². The normalized spacial score (nSPS) is 15.0. The Morgan fingerprint density at radius 2 is 2.07 bits per heavy atom. The summed E-state index contributed by atoms with van der Waals surface area (Å²) in [5.41, 5.74) is 0.681. The van der Waals surface area contributed by atoms with E-state index in [2.05, 4.69) is 13.8 Å². The Balaban J connectivity index is 3.02. The molecule has 1 unspecified atom stereocenters. The molecule has 0 aliphatic carbocycles. The number of rotatable bonds is 4. The summed E-state index contributed by atoms with van der Waals surface area (Å²) in [5.74, 6) is -0.237. The maximum absolute atomic E-state index is 13.6. The van der Waals surface area contributed by atoms with Crippen LogP contribution in [0.4, 0.5) is 4.39 Å². The molecule has 0 bridgehead atoms. The SMILES string of the molecule is CCC(C)Sc1c(F)cccc1[C@H](C)O. The molecule has 2 atom stereocenters. The van der Waals surface area contributed by atoms with Crippen LogP contribution >= 0.6 is 11.8 Å². The molecule has 0 amide bonds. The molecule has 1 aromatic rings. The van der Waals surface area contributed by atoms with Gasteiger partial charge in [-0.05, 0) is 25.0 Å². The zero-order chi connectivity index (χ0) is 11.4.